The molecule has 0 saturated heterocycles. The molecule has 1 heterocycles. The van der Waals surface area contributed by atoms with E-state index in [4.69, 9.17) is 14.2 Å². The van der Waals surface area contributed by atoms with E-state index >= 15 is 0 Å². The molecule has 24 heavy (non-hydrogen) atoms. The summed E-state index contributed by atoms with van der Waals surface area (Å²) in [6.07, 6.45) is 1.25. The highest BCUT2D eigenvalue weighted by atomic mass is 32.1. The van der Waals surface area contributed by atoms with Crippen molar-refractivity contribution >= 4 is 38.6 Å². The first kappa shape index (κ1) is 17.7. The molecule has 128 valence electrons. The molecule has 2 aromatic rings. The predicted molar refractivity (Wildman–Crippen MR) is 91.1 cm³/mol. The number of thiazole rings is 1. The molecule has 1 aromatic heterocycles. The maximum absolute atomic E-state index is 11.9. The van der Waals surface area contributed by atoms with Gasteiger partial charge in [-0.05, 0) is 32.0 Å². The van der Waals surface area contributed by atoms with Crippen LogP contribution in [0.3, 0.4) is 0 Å². The number of ether oxygens (including phenoxy) is 3. The number of rotatable bonds is 7. The van der Waals surface area contributed by atoms with Crippen LogP contribution in [0, 0.1) is 0 Å². The number of carbonyl (C=O) groups is 2. The molecule has 2 rings (SSSR count). The fourth-order valence-corrected chi connectivity index (χ4v) is 2.71. The maximum atomic E-state index is 11.9. The molecule has 0 aliphatic carbocycles. The lowest BCUT2D eigenvalue weighted by molar-refractivity contribution is -0.146. The van der Waals surface area contributed by atoms with Gasteiger partial charge in [-0.15, -0.1) is 0 Å². The lowest BCUT2D eigenvalue weighted by Gasteiger charge is -2.06. The minimum atomic E-state index is -0.744. The molecule has 0 saturated carbocycles. The monoisotopic (exact) mass is 350 g/mol. The van der Waals surface area contributed by atoms with E-state index in [1.54, 1.807) is 21.0 Å². The Hall–Kier alpha value is -2.61. The van der Waals surface area contributed by atoms with Crippen LogP contribution in [-0.2, 0) is 19.1 Å². The van der Waals surface area contributed by atoms with Crippen molar-refractivity contribution < 1.29 is 23.8 Å². The number of methoxy groups -OCH3 is 1. The summed E-state index contributed by atoms with van der Waals surface area (Å²) in [6, 6.07) is 5.50. The molecule has 0 atom stereocenters. The molecule has 0 aliphatic rings. The molecule has 7 nitrogen and oxygen atoms in total. The summed E-state index contributed by atoms with van der Waals surface area (Å²) in [6.45, 7) is 3.65. The van der Waals surface area contributed by atoms with Crippen molar-refractivity contribution in [3.05, 3.63) is 30.0 Å². The minimum Gasteiger partial charge on any atom is -0.497 e. The van der Waals surface area contributed by atoms with E-state index in [0.717, 1.165) is 16.0 Å². The number of anilines is 1. The van der Waals surface area contributed by atoms with Crippen LogP contribution in [0.4, 0.5) is 5.13 Å². The van der Waals surface area contributed by atoms with Crippen molar-refractivity contribution in [3.63, 3.8) is 0 Å². The molecule has 0 bridgehead atoms. The number of nitrogens with one attached hydrogen (secondary N) is 1. The van der Waals surface area contributed by atoms with E-state index < -0.39 is 11.9 Å². The van der Waals surface area contributed by atoms with Gasteiger partial charge in [-0.2, -0.15) is 0 Å². The second-order valence-electron chi connectivity index (χ2n) is 4.50. The number of hydrogen-bond acceptors (Lipinski definition) is 8. The van der Waals surface area contributed by atoms with Crippen LogP contribution in [0.2, 0.25) is 0 Å². The normalized spacial score (nSPS) is 10.1. The average Bonchev–Trinajstić information content (AvgIpc) is 2.97. The summed E-state index contributed by atoms with van der Waals surface area (Å²) in [5.41, 5.74) is 0.570. The zero-order chi connectivity index (χ0) is 17.5. The van der Waals surface area contributed by atoms with Crippen LogP contribution in [0.25, 0.3) is 10.2 Å². The Morgan fingerprint density at radius 2 is 1.88 bits per heavy atom. The van der Waals surface area contributed by atoms with Gasteiger partial charge in [-0.1, -0.05) is 11.3 Å². The predicted octanol–water partition coefficient (Wildman–Crippen LogP) is 2.73. The summed E-state index contributed by atoms with van der Waals surface area (Å²) in [5, 5.41) is 3.38. The summed E-state index contributed by atoms with van der Waals surface area (Å²) in [5.74, 6) is -0.760. The number of nitrogens with zero attached hydrogens (tertiary/aromatic N) is 1. The van der Waals surface area contributed by atoms with Crippen molar-refractivity contribution in [3.8, 4) is 5.75 Å². The molecule has 8 heteroatoms. The van der Waals surface area contributed by atoms with E-state index in [1.807, 2.05) is 18.2 Å². The number of esters is 2. The summed E-state index contributed by atoms with van der Waals surface area (Å²) >= 11 is 1.37. The van der Waals surface area contributed by atoms with Crippen molar-refractivity contribution in [1.29, 1.82) is 0 Å². The Morgan fingerprint density at radius 1 is 1.21 bits per heavy atom. The molecule has 1 aromatic carbocycles. The third-order valence-electron chi connectivity index (χ3n) is 2.93. The standard InChI is InChI=1S/C16H18N2O5S/c1-4-22-14(19)11(15(20)23-5-2)9-17-16-18-12-7-6-10(21-3)8-13(12)24-16/h6-9H,4-5H2,1-3H3,(H,17,18). The molecule has 0 spiro atoms. The SMILES string of the molecule is CCOC(=O)C(=CNc1nc2ccc(OC)cc2s1)C(=O)OCC. The van der Waals surface area contributed by atoms with Gasteiger partial charge in [0, 0.05) is 6.20 Å². The fourth-order valence-electron chi connectivity index (χ4n) is 1.85. The van der Waals surface area contributed by atoms with Gasteiger partial charge in [0.05, 0.1) is 30.5 Å². The smallest absolute Gasteiger partial charge is 0.347 e. The van der Waals surface area contributed by atoms with E-state index in [2.05, 4.69) is 10.3 Å². The van der Waals surface area contributed by atoms with Gasteiger partial charge >= 0.3 is 11.9 Å². The number of benzene rings is 1. The van der Waals surface area contributed by atoms with E-state index in [-0.39, 0.29) is 18.8 Å². The number of hydrogen-bond donors (Lipinski definition) is 1. The van der Waals surface area contributed by atoms with E-state index in [9.17, 15) is 9.59 Å². The number of aromatic nitrogens is 1. The van der Waals surface area contributed by atoms with Gasteiger partial charge in [0.2, 0.25) is 0 Å². The van der Waals surface area contributed by atoms with Crippen LogP contribution < -0.4 is 10.1 Å². The quantitative estimate of drug-likeness (QED) is 0.355. The molecule has 0 unspecified atom stereocenters. The second kappa shape index (κ2) is 8.30. The largest absolute Gasteiger partial charge is 0.497 e. The lowest BCUT2D eigenvalue weighted by Crippen LogP contribution is -2.19. The molecular formula is C16H18N2O5S. The molecule has 0 aliphatic heterocycles. The van der Waals surface area contributed by atoms with Gasteiger partial charge in [0.25, 0.3) is 0 Å². The fraction of sp³-hybridized carbons (Fsp3) is 0.312. The topological polar surface area (TPSA) is 86.8 Å². The highest BCUT2D eigenvalue weighted by molar-refractivity contribution is 7.22. The van der Waals surface area contributed by atoms with Crippen LogP contribution in [-0.4, -0.2) is 37.2 Å². The van der Waals surface area contributed by atoms with E-state index in [1.165, 1.54) is 17.5 Å². The molecule has 1 N–H and O–H groups in total. The first-order valence-corrected chi connectivity index (χ1v) is 8.16. The molecule has 0 radical (unpaired) electrons. The number of fused-ring (bicyclic) bond motifs is 1. The van der Waals surface area contributed by atoms with Gasteiger partial charge in [0.15, 0.2) is 10.7 Å². The third kappa shape index (κ3) is 4.23. The zero-order valence-corrected chi connectivity index (χ0v) is 14.4. The number of carbonyl (C=O) groups excluding carboxylic acids is 2. The average molecular weight is 350 g/mol. The van der Waals surface area contributed by atoms with Gasteiger partial charge in [-0.25, -0.2) is 14.6 Å². The summed E-state index contributed by atoms with van der Waals surface area (Å²) in [7, 11) is 1.59. The van der Waals surface area contributed by atoms with Crippen molar-refractivity contribution in [2.24, 2.45) is 0 Å². The van der Waals surface area contributed by atoms with Gasteiger partial charge in [0.1, 0.15) is 5.75 Å². The van der Waals surface area contributed by atoms with Gasteiger partial charge in [-0.3, -0.25) is 0 Å². The Kier molecular flexibility index (Phi) is 6.14. The van der Waals surface area contributed by atoms with Crippen LogP contribution in [0.15, 0.2) is 30.0 Å². The minimum absolute atomic E-state index is 0.163. The Balaban J connectivity index is 2.23. The molecular weight excluding hydrogens is 332 g/mol. The van der Waals surface area contributed by atoms with E-state index in [0.29, 0.717) is 5.13 Å². The van der Waals surface area contributed by atoms with Crippen molar-refractivity contribution in [1.82, 2.24) is 4.98 Å². The highest BCUT2D eigenvalue weighted by Gasteiger charge is 2.21. The first-order valence-electron chi connectivity index (χ1n) is 7.34. The van der Waals surface area contributed by atoms with Crippen molar-refractivity contribution in [2.45, 2.75) is 13.8 Å². The molecule has 0 amide bonds. The second-order valence-corrected chi connectivity index (χ2v) is 5.53. The van der Waals surface area contributed by atoms with Gasteiger partial charge < -0.3 is 19.5 Å². The zero-order valence-electron chi connectivity index (χ0n) is 13.6. The summed E-state index contributed by atoms with van der Waals surface area (Å²) in [4.78, 5) is 28.1. The van der Waals surface area contributed by atoms with Crippen molar-refractivity contribution in [2.75, 3.05) is 25.6 Å². The molecule has 0 fully saturated rings. The summed E-state index contributed by atoms with van der Waals surface area (Å²) < 4.78 is 15.8. The van der Waals surface area contributed by atoms with Crippen LogP contribution in [0.1, 0.15) is 13.8 Å². The Bertz CT molecular complexity index is 749. The highest BCUT2D eigenvalue weighted by Crippen LogP contribution is 2.29. The van der Waals surface area contributed by atoms with Crippen LogP contribution in [0.5, 0.6) is 5.75 Å². The maximum Gasteiger partial charge on any atom is 0.347 e. The Labute approximate surface area is 143 Å². The first-order chi connectivity index (χ1) is 11.6. The Morgan fingerprint density at radius 3 is 2.46 bits per heavy atom. The third-order valence-corrected chi connectivity index (χ3v) is 3.88. The lowest BCUT2D eigenvalue weighted by atomic mass is 10.3. The van der Waals surface area contributed by atoms with Crippen LogP contribution >= 0.6 is 11.3 Å².